The second kappa shape index (κ2) is 36.9. The van der Waals surface area contributed by atoms with Gasteiger partial charge in [0.05, 0.1) is 11.8 Å². The first-order valence-corrected chi connectivity index (χ1v) is 35.7. The molecule has 28 nitrogen and oxygen atoms in total. The molecule has 12 atom stereocenters. The number of primary amides is 1. The van der Waals surface area contributed by atoms with Crippen molar-refractivity contribution >= 4 is 100 Å². The predicted molar refractivity (Wildman–Crippen MR) is 374 cm³/mol. The Morgan fingerprint density at radius 3 is 2.04 bits per heavy atom. The topological polar surface area (TPSA) is 470 Å². The van der Waals surface area contributed by atoms with Gasteiger partial charge in [0, 0.05) is 80.9 Å². The zero-order chi connectivity index (χ0) is 72.0. The molecule has 2 aromatic rings. The number of aliphatic imine (C=N–C) groups is 2. The van der Waals surface area contributed by atoms with Crippen molar-refractivity contribution in [2.75, 3.05) is 43.8 Å². The first kappa shape index (κ1) is 77.6. The lowest BCUT2D eigenvalue weighted by Gasteiger charge is -2.56. The van der Waals surface area contributed by atoms with E-state index in [1.807, 2.05) is 18.2 Å². The summed E-state index contributed by atoms with van der Waals surface area (Å²) in [5.74, 6) is -5.39. The largest absolute Gasteiger partial charge is 0.445 e. The Balaban J connectivity index is 0.845. The van der Waals surface area contributed by atoms with E-state index in [0.717, 1.165) is 47.1 Å². The maximum Gasteiger partial charge on any atom is 0.407 e. The molecule has 4 fully saturated rings. The molecule has 5 aliphatic rings. The number of carbonyl (C=O) groups excluding carboxylic acids is 12. The Morgan fingerprint density at radius 1 is 0.697 bits per heavy atom. The van der Waals surface area contributed by atoms with Gasteiger partial charge in [0.25, 0.3) is 0 Å². The average Bonchev–Trinajstić information content (AvgIpc) is 1.69. The van der Waals surface area contributed by atoms with Crippen LogP contribution >= 0.6 is 11.8 Å². The molecule has 7 rings (SSSR count). The van der Waals surface area contributed by atoms with Crippen LogP contribution in [0, 0.1) is 40.4 Å². The molecule has 29 heteroatoms. The number of likely N-dealkylation sites (tertiary alicyclic amines) is 1. The minimum Gasteiger partial charge on any atom is -0.445 e. The van der Waals surface area contributed by atoms with Gasteiger partial charge in [-0.25, -0.2) is 4.79 Å². The van der Waals surface area contributed by atoms with Gasteiger partial charge in [-0.05, 0) is 148 Å². The van der Waals surface area contributed by atoms with Gasteiger partial charge in [-0.3, -0.25) is 67.6 Å². The van der Waals surface area contributed by atoms with Crippen LogP contribution in [-0.4, -0.2) is 155 Å². The molecule has 2 aromatic carbocycles. The smallest absolute Gasteiger partial charge is 0.407 e. The Labute approximate surface area is 582 Å². The molecule has 1 saturated heterocycles. The average molecular weight is 1390 g/mol. The van der Waals surface area contributed by atoms with E-state index in [9.17, 15) is 57.5 Å². The molecular formula is C70H101N15O13S. The molecule has 0 spiro atoms. The van der Waals surface area contributed by atoms with Crippen molar-refractivity contribution in [3.05, 3.63) is 77.4 Å². The zero-order valence-electron chi connectivity index (χ0n) is 57.2. The van der Waals surface area contributed by atoms with Crippen molar-refractivity contribution in [2.45, 2.75) is 185 Å². The summed E-state index contributed by atoms with van der Waals surface area (Å²) in [6, 6.07) is 11.2. The van der Waals surface area contributed by atoms with Crippen molar-refractivity contribution in [3.8, 4) is 0 Å². The number of benzene rings is 2. The number of allylic oxidation sites excluding steroid dienone is 1. The van der Waals surface area contributed by atoms with Crippen LogP contribution in [0.2, 0.25) is 0 Å². The Kier molecular flexibility index (Phi) is 28.9. The number of carbonyl (C=O) groups is 12. The van der Waals surface area contributed by atoms with Crippen molar-refractivity contribution in [3.63, 3.8) is 0 Å². The zero-order valence-corrected chi connectivity index (χ0v) is 58.0. The second-order valence-electron chi connectivity index (χ2n) is 27.4. The van der Waals surface area contributed by atoms with Crippen molar-refractivity contribution in [2.24, 2.45) is 84.8 Å². The number of imide groups is 1. The van der Waals surface area contributed by atoms with E-state index < -0.39 is 94.1 Å². The Morgan fingerprint density at radius 2 is 1.35 bits per heavy atom. The first-order valence-electron chi connectivity index (χ1n) is 34.6. The molecular weight excluding hydrogens is 1290 g/mol. The highest BCUT2D eigenvalue weighted by Gasteiger charge is 2.63. The highest BCUT2D eigenvalue weighted by atomic mass is 32.2. The number of guanidine groups is 2. The van der Waals surface area contributed by atoms with E-state index in [-0.39, 0.29) is 122 Å². The van der Waals surface area contributed by atoms with E-state index in [1.165, 1.54) is 0 Å². The number of fused-ring (bicyclic) bond motifs is 5. The van der Waals surface area contributed by atoms with Crippen LogP contribution in [0.25, 0.3) is 0 Å². The van der Waals surface area contributed by atoms with E-state index in [2.05, 4.69) is 55.7 Å². The fraction of sp³-hybridized carbons (Fsp3) is 0.600. The predicted octanol–water partition coefficient (Wildman–Crippen LogP) is 2.71. The number of anilines is 1. The molecule has 540 valence electrons. The summed E-state index contributed by atoms with van der Waals surface area (Å²) in [6.07, 6.45) is 9.22. The molecule has 9 amide bonds. The molecule has 0 radical (unpaired) electrons. The van der Waals surface area contributed by atoms with Crippen molar-refractivity contribution in [1.82, 2.24) is 31.5 Å². The number of hydrogen-bond donors (Lipinski definition) is 12. The van der Waals surface area contributed by atoms with Crippen molar-refractivity contribution < 1.29 is 62.3 Å². The lowest BCUT2D eigenvalue weighted by Crippen LogP contribution is -2.55. The third-order valence-electron chi connectivity index (χ3n) is 20.3. The number of ether oxygens (including phenoxy) is 1. The molecule has 99 heavy (non-hydrogen) atoms. The van der Waals surface area contributed by atoms with Gasteiger partial charge in [0.15, 0.2) is 23.5 Å². The molecule has 0 bridgehead atoms. The summed E-state index contributed by atoms with van der Waals surface area (Å²) in [7, 11) is 0. The Bertz CT molecular complexity index is 3340. The number of thioether (sulfide) groups is 1. The number of nitrogens with two attached hydrogens (primary N) is 6. The normalized spacial score (nSPS) is 23.1. The van der Waals surface area contributed by atoms with Gasteiger partial charge in [0.2, 0.25) is 47.3 Å². The molecule has 18 N–H and O–H groups in total. The lowest BCUT2D eigenvalue weighted by molar-refractivity contribution is -0.148. The summed E-state index contributed by atoms with van der Waals surface area (Å²) < 4.78 is 5.48. The Hall–Kier alpha value is -8.73. The van der Waals surface area contributed by atoms with Crippen LogP contribution < -0.4 is 66.3 Å². The number of alkyl carbamates (subject to hydrolysis) is 1. The molecule has 3 saturated carbocycles. The first-order chi connectivity index (χ1) is 47.2. The number of nitrogens with zero attached hydrogens (tertiary/aromatic N) is 3. The standard InChI is InChI=1S/C70H101N15O13S/c1-41(14-12-31-77-66(73)74)61(92)82-51(18-13-32-78-67(75)76)63(94)84-53(60(72)91)40-99-56-36-58(90)85(65(56)96)33-11-5-8-19-57(89)81-52(34-42-15-6-4-7-16-42)64(95)83-50(17-9-10-30-71)62(93)80-45-23-20-43(21-24-45)39-98-68(97)79-38-55(88)49-27-26-48-47-25-22-44-35-46(86)28-29-69(44,2)59(47)54(87)37-70(48,49)3/h4,6-7,15-16,20-21,23-24,35,41,47-53,56,59H,5,8-14,17-19,22,25-34,36-40,71H2,1-3H3,(H2,72,91)(H,79,97)(H,80,93)(H,81,89)(H,82,92)(H,83,95)(H,84,94)(H4,73,74,77)(H4,75,76,78)/t41?,47?,48-,49?,50-,51?,52?,53?,56?,59+,69?,70?/m0/s1. The highest BCUT2D eigenvalue weighted by molar-refractivity contribution is 8.00. The maximum atomic E-state index is 14.2. The van der Waals surface area contributed by atoms with Gasteiger partial charge in [-0.1, -0.05) is 75.2 Å². The molecule has 1 heterocycles. The fourth-order valence-corrected chi connectivity index (χ4v) is 16.1. The minimum atomic E-state index is -1.27. The summed E-state index contributed by atoms with van der Waals surface area (Å²) in [6.45, 7) is 6.42. The number of Topliss-reactive ketones (excluding diaryl/α,β-unsaturated/α-hetero) is 2. The molecule has 1 aliphatic heterocycles. The highest BCUT2D eigenvalue weighted by Crippen LogP contribution is 2.65. The molecule has 4 aliphatic carbocycles. The van der Waals surface area contributed by atoms with E-state index in [0.29, 0.717) is 101 Å². The van der Waals surface area contributed by atoms with Crippen LogP contribution in [0.1, 0.15) is 154 Å². The monoisotopic (exact) mass is 1390 g/mol. The van der Waals surface area contributed by atoms with Crippen LogP contribution in [-0.2, 0) is 70.5 Å². The quantitative estimate of drug-likeness (QED) is 0.0199. The maximum absolute atomic E-state index is 14.2. The van der Waals surface area contributed by atoms with Crippen LogP contribution in [0.3, 0.4) is 0 Å². The summed E-state index contributed by atoms with van der Waals surface area (Å²) in [5.41, 5.74) is 35.2. The number of rotatable bonds is 38. The van der Waals surface area contributed by atoms with Crippen LogP contribution in [0.5, 0.6) is 0 Å². The van der Waals surface area contributed by atoms with Gasteiger partial charge in [-0.2, -0.15) is 0 Å². The van der Waals surface area contributed by atoms with Crippen molar-refractivity contribution in [1.29, 1.82) is 0 Å². The van der Waals surface area contributed by atoms with Gasteiger partial charge in [-0.15, -0.1) is 11.8 Å². The van der Waals surface area contributed by atoms with E-state index in [1.54, 1.807) is 49.4 Å². The van der Waals surface area contributed by atoms with Gasteiger partial charge < -0.3 is 71.0 Å². The second-order valence-corrected chi connectivity index (χ2v) is 28.6. The van der Waals surface area contributed by atoms with Gasteiger partial charge >= 0.3 is 6.09 Å². The number of unbranched alkanes of at least 4 members (excludes halogenated alkanes) is 3. The fourth-order valence-electron chi connectivity index (χ4n) is 14.9. The SMILES string of the molecule is CC(CCCN=C(N)N)C(=O)NC(CCCN=C(N)N)C(=O)NC(CSC1CC(=O)N(CCCCCC(=O)NC(Cc2ccccc2)C(=O)N[C@@H](CCCCN)C(=O)Nc2ccc(COC(=O)NCC(=O)C3CC[C@H]4C5CCC6=CC(=O)CCC6(C)[C@H]5C(=O)CC34C)cc2)C1=O)C(N)=O. The number of hydrogen-bond acceptors (Lipinski definition) is 17. The van der Waals surface area contributed by atoms with Crippen LogP contribution in [0.4, 0.5) is 10.5 Å². The lowest BCUT2D eigenvalue weighted by atomic mass is 9.46. The summed E-state index contributed by atoms with van der Waals surface area (Å²) in [4.78, 5) is 170. The third-order valence-corrected chi connectivity index (χ3v) is 21.6. The summed E-state index contributed by atoms with van der Waals surface area (Å²) >= 11 is 0.991. The number of amides is 9. The van der Waals surface area contributed by atoms with E-state index in [4.69, 9.17) is 39.1 Å². The third kappa shape index (κ3) is 21.9. The molecule has 9 unspecified atom stereocenters. The van der Waals surface area contributed by atoms with E-state index >= 15 is 0 Å². The van der Waals surface area contributed by atoms with Gasteiger partial charge in [0.1, 0.15) is 36.6 Å². The summed E-state index contributed by atoms with van der Waals surface area (Å²) in [5, 5.41) is 15.6. The van der Waals surface area contributed by atoms with Crippen LogP contribution in [0.15, 0.2) is 76.2 Å². The number of ketones is 3. The number of nitrogens with one attached hydrogen (secondary N) is 6. The minimum absolute atomic E-state index is 0.00235. The molecule has 0 aromatic heterocycles.